The van der Waals surface area contributed by atoms with Gasteiger partial charge in [-0.25, -0.2) is 4.79 Å². The number of carboxylic acids is 1. The van der Waals surface area contributed by atoms with Crippen molar-refractivity contribution in [3.63, 3.8) is 0 Å². The van der Waals surface area contributed by atoms with Crippen LogP contribution in [0.3, 0.4) is 0 Å². The fourth-order valence-electron chi connectivity index (χ4n) is 2.38. The van der Waals surface area contributed by atoms with Gasteiger partial charge in [0.1, 0.15) is 6.04 Å². The Kier molecular flexibility index (Phi) is 3.36. The van der Waals surface area contributed by atoms with Gasteiger partial charge in [-0.2, -0.15) is 0 Å². The summed E-state index contributed by atoms with van der Waals surface area (Å²) in [5.41, 5.74) is 1.66. The summed E-state index contributed by atoms with van der Waals surface area (Å²) in [6, 6.07) is 6.63. The fourth-order valence-corrected chi connectivity index (χ4v) is 2.38. The van der Waals surface area contributed by atoms with Crippen molar-refractivity contribution in [3.05, 3.63) is 29.8 Å². The number of carboxylic acid groups (broad SMARTS) is 1. The highest BCUT2D eigenvalue weighted by atomic mass is 16.4. The van der Waals surface area contributed by atoms with Crippen LogP contribution < -0.4 is 4.90 Å². The molecule has 0 saturated heterocycles. The summed E-state index contributed by atoms with van der Waals surface area (Å²) in [5, 5.41) is 9.33. The summed E-state index contributed by atoms with van der Waals surface area (Å²) in [6.07, 6.45) is 0.771. The summed E-state index contributed by atoms with van der Waals surface area (Å²) < 4.78 is 0. The molecule has 1 heterocycles. The molecule has 96 valence electrons. The number of hydrogen-bond donors (Lipinski definition) is 1. The second-order valence-corrected chi connectivity index (χ2v) is 5.05. The lowest BCUT2D eigenvalue weighted by molar-refractivity contribution is -0.140. The van der Waals surface area contributed by atoms with Crippen molar-refractivity contribution in [2.75, 3.05) is 4.90 Å². The van der Waals surface area contributed by atoms with Crippen LogP contribution in [0, 0.1) is 5.92 Å². The minimum Gasteiger partial charge on any atom is -0.480 e. The molecule has 1 amide bonds. The maximum absolute atomic E-state index is 12.0. The number of carbonyl (C=O) groups excluding carboxylic acids is 1. The smallest absolute Gasteiger partial charge is 0.326 e. The molecule has 0 bridgehead atoms. The van der Waals surface area contributed by atoms with Crippen LogP contribution in [0.2, 0.25) is 0 Å². The average molecular weight is 247 g/mol. The second-order valence-electron chi connectivity index (χ2n) is 5.05. The van der Waals surface area contributed by atoms with Crippen LogP contribution in [-0.4, -0.2) is 23.0 Å². The molecule has 4 nitrogen and oxygen atoms in total. The molecule has 0 aromatic heterocycles. The van der Waals surface area contributed by atoms with E-state index in [4.69, 9.17) is 0 Å². The standard InChI is InChI=1S/C14H17NO3/c1-9(2)7-12(14(17)18)15-11-6-4-3-5-10(11)8-13(15)16/h3-6,9,12H,7-8H2,1-2H3,(H,17,18). The van der Waals surface area contributed by atoms with Crippen LogP contribution in [0.5, 0.6) is 0 Å². The number of amides is 1. The largest absolute Gasteiger partial charge is 0.480 e. The molecular weight excluding hydrogens is 230 g/mol. The third kappa shape index (κ3) is 2.23. The number of nitrogens with zero attached hydrogens (tertiary/aromatic N) is 1. The van der Waals surface area contributed by atoms with E-state index in [9.17, 15) is 14.7 Å². The van der Waals surface area contributed by atoms with Crippen LogP contribution >= 0.6 is 0 Å². The molecule has 1 aromatic carbocycles. The van der Waals surface area contributed by atoms with Gasteiger partial charge in [-0.3, -0.25) is 9.69 Å². The zero-order valence-electron chi connectivity index (χ0n) is 10.6. The third-order valence-electron chi connectivity index (χ3n) is 3.15. The minimum atomic E-state index is -0.936. The van der Waals surface area contributed by atoms with E-state index in [1.54, 1.807) is 0 Å². The molecule has 1 unspecified atom stereocenters. The molecule has 0 radical (unpaired) electrons. The first kappa shape index (κ1) is 12.6. The number of fused-ring (bicyclic) bond motifs is 1. The summed E-state index contributed by atoms with van der Waals surface area (Å²) in [7, 11) is 0. The minimum absolute atomic E-state index is 0.121. The Morgan fingerprint density at radius 3 is 2.67 bits per heavy atom. The van der Waals surface area contributed by atoms with E-state index in [1.165, 1.54) is 4.90 Å². The van der Waals surface area contributed by atoms with E-state index >= 15 is 0 Å². The molecule has 1 N–H and O–H groups in total. The molecule has 18 heavy (non-hydrogen) atoms. The Morgan fingerprint density at radius 2 is 2.06 bits per heavy atom. The topological polar surface area (TPSA) is 57.6 Å². The first-order chi connectivity index (χ1) is 8.50. The van der Waals surface area contributed by atoms with Crippen molar-refractivity contribution in [2.45, 2.75) is 32.7 Å². The molecule has 0 saturated carbocycles. The van der Waals surface area contributed by atoms with Crippen LogP contribution in [0.1, 0.15) is 25.8 Å². The molecule has 0 aliphatic carbocycles. The van der Waals surface area contributed by atoms with E-state index in [1.807, 2.05) is 38.1 Å². The highest BCUT2D eigenvalue weighted by Gasteiger charge is 2.36. The first-order valence-electron chi connectivity index (χ1n) is 6.13. The molecule has 2 rings (SSSR count). The summed E-state index contributed by atoms with van der Waals surface area (Å²) >= 11 is 0. The van der Waals surface area contributed by atoms with Crippen molar-refractivity contribution in [1.82, 2.24) is 0 Å². The van der Waals surface area contributed by atoms with Gasteiger partial charge >= 0.3 is 5.97 Å². The van der Waals surface area contributed by atoms with Crippen LogP contribution in [0.25, 0.3) is 0 Å². The number of anilines is 1. The van der Waals surface area contributed by atoms with Gasteiger partial charge in [0.2, 0.25) is 5.91 Å². The lowest BCUT2D eigenvalue weighted by Crippen LogP contribution is -2.44. The monoisotopic (exact) mass is 247 g/mol. The van der Waals surface area contributed by atoms with E-state index < -0.39 is 12.0 Å². The maximum Gasteiger partial charge on any atom is 0.326 e. The second kappa shape index (κ2) is 4.80. The highest BCUT2D eigenvalue weighted by molar-refractivity contribution is 6.05. The molecule has 0 fully saturated rings. The summed E-state index contributed by atoms with van der Waals surface area (Å²) in [6.45, 7) is 3.92. The number of carbonyl (C=O) groups is 2. The maximum atomic E-state index is 12.0. The van der Waals surface area contributed by atoms with Gasteiger partial charge in [-0.05, 0) is 24.0 Å². The molecule has 1 aliphatic rings. The van der Waals surface area contributed by atoms with Crippen molar-refractivity contribution in [2.24, 2.45) is 5.92 Å². The van der Waals surface area contributed by atoms with Crippen molar-refractivity contribution in [3.8, 4) is 0 Å². The van der Waals surface area contributed by atoms with Gasteiger partial charge in [0.25, 0.3) is 0 Å². The Labute approximate surface area is 106 Å². The third-order valence-corrected chi connectivity index (χ3v) is 3.15. The van der Waals surface area contributed by atoms with E-state index in [0.29, 0.717) is 12.8 Å². The molecule has 4 heteroatoms. The van der Waals surface area contributed by atoms with Gasteiger partial charge in [-0.1, -0.05) is 32.0 Å². The Hall–Kier alpha value is -1.84. The van der Waals surface area contributed by atoms with Crippen molar-refractivity contribution < 1.29 is 14.7 Å². The molecule has 0 spiro atoms. The number of hydrogen-bond acceptors (Lipinski definition) is 2. The van der Waals surface area contributed by atoms with E-state index in [0.717, 1.165) is 11.3 Å². The van der Waals surface area contributed by atoms with E-state index in [-0.39, 0.29) is 11.8 Å². The molecular formula is C14H17NO3. The summed E-state index contributed by atoms with van der Waals surface area (Å²) in [4.78, 5) is 24.8. The quantitative estimate of drug-likeness (QED) is 0.886. The molecule has 1 aliphatic heterocycles. The normalized spacial score (nSPS) is 15.9. The van der Waals surface area contributed by atoms with E-state index in [2.05, 4.69) is 0 Å². The van der Waals surface area contributed by atoms with Gasteiger partial charge < -0.3 is 5.11 Å². The Balaban J connectivity index is 2.36. The van der Waals surface area contributed by atoms with Gasteiger partial charge in [0, 0.05) is 5.69 Å². The van der Waals surface area contributed by atoms with Gasteiger partial charge in [0.05, 0.1) is 6.42 Å². The SMILES string of the molecule is CC(C)CC(C(=O)O)N1C(=O)Cc2ccccc21. The van der Waals surface area contributed by atoms with Crippen LogP contribution in [-0.2, 0) is 16.0 Å². The lowest BCUT2D eigenvalue weighted by Gasteiger charge is -2.26. The number of benzene rings is 1. The Morgan fingerprint density at radius 1 is 1.39 bits per heavy atom. The van der Waals surface area contributed by atoms with Gasteiger partial charge in [-0.15, -0.1) is 0 Å². The van der Waals surface area contributed by atoms with Crippen molar-refractivity contribution in [1.29, 1.82) is 0 Å². The predicted molar refractivity (Wildman–Crippen MR) is 68.5 cm³/mol. The average Bonchev–Trinajstić information content (AvgIpc) is 2.61. The van der Waals surface area contributed by atoms with Crippen LogP contribution in [0.15, 0.2) is 24.3 Å². The van der Waals surface area contributed by atoms with Gasteiger partial charge in [0.15, 0.2) is 0 Å². The predicted octanol–water partition coefficient (Wildman–Crippen LogP) is 2.08. The lowest BCUT2D eigenvalue weighted by atomic mass is 10.0. The molecule has 1 aromatic rings. The zero-order chi connectivity index (χ0) is 13.3. The fraction of sp³-hybridized carbons (Fsp3) is 0.429. The summed E-state index contributed by atoms with van der Waals surface area (Å²) in [5.74, 6) is -0.829. The van der Waals surface area contributed by atoms with Crippen LogP contribution in [0.4, 0.5) is 5.69 Å². The number of rotatable bonds is 4. The number of para-hydroxylation sites is 1. The first-order valence-corrected chi connectivity index (χ1v) is 6.13. The zero-order valence-corrected chi connectivity index (χ0v) is 10.6. The van der Waals surface area contributed by atoms with Crippen molar-refractivity contribution >= 4 is 17.6 Å². The molecule has 1 atom stereocenters. The highest BCUT2D eigenvalue weighted by Crippen LogP contribution is 2.31. The Bertz CT molecular complexity index is 482. The number of aliphatic carboxylic acids is 1.